The first-order chi connectivity index (χ1) is 6.18. The van der Waals surface area contributed by atoms with E-state index in [0.717, 1.165) is 11.9 Å². The summed E-state index contributed by atoms with van der Waals surface area (Å²) in [6.07, 6.45) is 0. The fourth-order valence-corrected chi connectivity index (χ4v) is 8.91. The standard InChI is InChI=1S/4C2H5.Pb/c4*1-2;/h4*1H2,2H3;/i1D2,2D3;;;;. The molecule has 0 amide bonds. The van der Waals surface area contributed by atoms with E-state index in [4.69, 9.17) is 6.85 Å². The van der Waals surface area contributed by atoms with Gasteiger partial charge in [0.2, 0.25) is 0 Å². The molecule has 0 bridgehead atoms. The van der Waals surface area contributed by atoms with E-state index in [0.29, 0.717) is 0 Å². The topological polar surface area (TPSA) is 0 Å². The van der Waals surface area contributed by atoms with Crippen molar-refractivity contribution in [3.05, 3.63) is 0 Å². The van der Waals surface area contributed by atoms with E-state index in [2.05, 4.69) is 0 Å². The molecule has 0 N–H and O–H groups in total. The van der Waals surface area contributed by atoms with Gasteiger partial charge in [0.05, 0.1) is 0 Å². The first-order valence-corrected chi connectivity index (χ1v) is 13.9. The van der Waals surface area contributed by atoms with Gasteiger partial charge in [-0.2, -0.15) is 0 Å². The van der Waals surface area contributed by atoms with Gasteiger partial charge in [-0.3, -0.25) is 0 Å². The van der Waals surface area contributed by atoms with E-state index >= 15 is 0 Å². The van der Waals surface area contributed by atoms with Crippen molar-refractivity contribution >= 4 is 21.2 Å². The van der Waals surface area contributed by atoms with Gasteiger partial charge in [-0.1, -0.05) is 0 Å². The van der Waals surface area contributed by atoms with E-state index in [1.165, 1.54) is 0 Å². The Kier molecular flexibility index (Phi) is 2.13. The molecule has 0 nitrogen and oxygen atoms in total. The van der Waals surface area contributed by atoms with Crippen LogP contribution in [0.4, 0.5) is 0 Å². The zero-order valence-corrected chi connectivity index (χ0v) is 10.5. The van der Waals surface area contributed by atoms with Crippen molar-refractivity contribution in [2.75, 3.05) is 0 Å². The minimum absolute atomic E-state index is 0.783. The third-order valence-corrected chi connectivity index (χ3v) is 20.1. The van der Waals surface area contributed by atoms with Gasteiger partial charge in [0.1, 0.15) is 0 Å². The Balaban J connectivity index is 5.19. The van der Waals surface area contributed by atoms with Crippen LogP contribution in [0.15, 0.2) is 0 Å². The van der Waals surface area contributed by atoms with Crippen LogP contribution in [-0.4, -0.2) is 21.2 Å². The number of rotatable bonds is 4. The normalized spacial score (nSPS) is 23.2. The Labute approximate surface area is 71.7 Å². The number of hydrogen-bond donors (Lipinski definition) is 0. The molecule has 0 aromatic carbocycles. The van der Waals surface area contributed by atoms with Gasteiger partial charge in [0, 0.05) is 0 Å². The van der Waals surface area contributed by atoms with Crippen molar-refractivity contribution in [2.45, 2.75) is 43.5 Å². The second kappa shape index (κ2) is 4.69. The molecular formula is C8H20Pb. The van der Waals surface area contributed by atoms with Crippen molar-refractivity contribution in [1.82, 2.24) is 0 Å². The molecule has 0 aliphatic heterocycles. The third kappa shape index (κ3) is 2.56. The predicted molar refractivity (Wildman–Crippen MR) is 47.7 cm³/mol. The van der Waals surface area contributed by atoms with Gasteiger partial charge < -0.3 is 0 Å². The van der Waals surface area contributed by atoms with Crippen LogP contribution in [0.5, 0.6) is 0 Å². The van der Waals surface area contributed by atoms with Gasteiger partial charge in [0.15, 0.2) is 0 Å². The van der Waals surface area contributed by atoms with E-state index in [1.807, 2.05) is 20.8 Å². The molecule has 0 saturated carbocycles. The summed E-state index contributed by atoms with van der Waals surface area (Å²) in [6.45, 7) is 3.44. The zero-order chi connectivity index (χ0) is 11.6. The average molecular weight is 328 g/mol. The van der Waals surface area contributed by atoms with Crippen LogP contribution in [0.1, 0.15) is 34.5 Å². The molecule has 0 unspecified atom stereocenters. The first kappa shape index (κ1) is 4.07. The Morgan fingerprint density at radius 2 is 1.67 bits per heavy atom. The summed E-state index contributed by atoms with van der Waals surface area (Å²) in [6, 6.07) is 0. The van der Waals surface area contributed by atoms with Crippen LogP contribution in [0, 0.1) is 0 Å². The summed E-state index contributed by atoms with van der Waals surface area (Å²) < 4.78 is 38.2. The maximum absolute atomic E-state index is 7.89. The summed E-state index contributed by atoms with van der Waals surface area (Å²) >= 11 is -3.26. The molecule has 0 atom stereocenters. The number of hydrogen-bond acceptors (Lipinski definition) is 0. The second-order valence-electron chi connectivity index (χ2n) is 2.47. The minimum atomic E-state index is -3.26. The molecule has 0 radical (unpaired) electrons. The van der Waals surface area contributed by atoms with Crippen molar-refractivity contribution < 1.29 is 6.85 Å². The predicted octanol–water partition coefficient (Wildman–Crippen LogP) is 3.51. The summed E-state index contributed by atoms with van der Waals surface area (Å²) in [4.78, 5) is 0. The third-order valence-electron chi connectivity index (χ3n) is 2.30. The molecule has 0 aromatic heterocycles. The molecule has 0 fully saturated rings. The molecule has 0 spiro atoms. The zero-order valence-electron chi connectivity index (χ0n) is 11.6. The van der Waals surface area contributed by atoms with Crippen LogP contribution in [-0.2, 0) is 0 Å². The van der Waals surface area contributed by atoms with Crippen molar-refractivity contribution in [3.63, 3.8) is 0 Å². The van der Waals surface area contributed by atoms with Crippen LogP contribution >= 0.6 is 0 Å². The molecule has 9 heavy (non-hydrogen) atoms. The molecule has 0 saturated heterocycles. The molecule has 1 heteroatoms. The van der Waals surface area contributed by atoms with Crippen LogP contribution in [0.25, 0.3) is 0 Å². The fourth-order valence-electron chi connectivity index (χ4n) is 1.02. The SMILES string of the molecule is [2H]C([2H])([2H])[C]([2H])([2H])[Pb]([CH2]C)([CH2]C)[CH2]C. The Morgan fingerprint density at radius 1 is 1.22 bits per heavy atom. The molecule has 0 heterocycles. The van der Waals surface area contributed by atoms with Crippen molar-refractivity contribution in [3.8, 4) is 0 Å². The monoisotopic (exact) mass is 329 g/mol. The Bertz CT molecular complexity index is 174. The molecule has 56 valence electrons. The summed E-state index contributed by atoms with van der Waals surface area (Å²) in [5.74, 6) is 0. The van der Waals surface area contributed by atoms with E-state index < -0.39 is 32.0 Å². The fraction of sp³-hybridized carbons (Fsp3) is 1.00. The van der Waals surface area contributed by atoms with Gasteiger partial charge in [0.25, 0.3) is 0 Å². The van der Waals surface area contributed by atoms with Crippen molar-refractivity contribution in [1.29, 1.82) is 0 Å². The summed E-state index contributed by atoms with van der Waals surface area (Å²) in [5, 5.41) is 0. The molecule has 0 aliphatic carbocycles. The first-order valence-electron chi connectivity index (χ1n) is 6.18. The second-order valence-corrected chi connectivity index (χ2v) is 21.6. The van der Waals surface area contributed by atoms with Gasteiger partial charge in [-0.05, 0) is 0 Å². The Hall–Kier alpha value is 0.922. The maximum atomic E-state index is 7.89. The van der Waals surface area contributed by atoms with Crippen LogP contribution < -0.4 is 0 Å². The van der Waals surface area contributed by atoms with Crippen LogP contribution in [0.2, 0.25) is 15.9 Å². The quantitative estimate of drug-likeness (QED) is 0.693. The van der Waals surface area contributed by atoms with Crippen LogP contribution in [0.3, 0.4) is 0 Å². The van der Waals surface area contributed by atoms with Gasteiger partial charge in [-0.15, -0.1) is 0 Å². The molecular weight excluding hydrogens is 303 g/mol. The molecule has 0 aliphatic rings. The van der Waals surface area contributed by atoms with E-state index in [9.17, 15) is 0 Å². The molecule has 0 aromatic rings. The van der Waals surface area contributed by atoms with Gasteiger partial charge in [-0.25, -0.2) is 0 Å². The van der Waals surface area contributed by atoms with E-state index in [1.54, 1.807) is 0 Å². The van der Waals surface area contributed by atoms with Gasteiger partial charge >= 0.3 is 71.5 Å². The molecule has 0 rings (SSSR count). The summed E-state index contributed by atoms with van der Waals surface area (Å²) in [7, 11) is 0. The van der Waals surface area contributed by atoms with Crippen molar-refractivity contribution in [2.24, 2.45) is 0 Å². The average Bonchev–Trinajstić information content (AvgIpc) is 2.06. The Morgan fingerprint density at radius 3 is 1.78 bits per heavy atom. The summed E-state index contributed by atoms with van der Waals surface area (Å²) in [5.41, 5.74) is 0. The van der Waals surface area contributed by atoms with E-state index in [-0.39, 0.29) is 0 Å².